The average molecular weight is 412 g/mol. The Bertz CT molecular complexity index is 309. The highest BCUT2D eigenvalue weighted by molar-refractivity contribution is 5.77. The molecule has 0 aliphatic rings. The second-order valence-electron chi connectivity index (χ2n) is 8.90. The third-order valence-corrected chi connectivity index (χ3v) is 6.05. The van der Waals surface area contributed by atoms with E-state index in [9.17, 15) is 9.90 Å². The minimum atomic E-state index is -0.338. The Balaban J connectivity index is 3.59. The molecule has 0 spiro atoms. The van der Waals surface area contributed by atoms with Gasteiger partial charge in [-0.2, -0.15) is 0 Å². The number of amides is 1. The van der Waals surface area contributed by atoms with E-state index in [0.29, 0.717) is 0 Å². The summed E-state index contributed by atoms with van der Waals surface area (Å²) >= 11 is 0. The Morgan fingerprint density at radius 3 is 1.07 bits per heavy atom. The number of rotatable bonds is 23. The van der Waals surface area contributed by atoms with Crippen LogP contribution in [0.5, 0.6) is 0 Å². The van der Waals surface area contributed by atoms with Crippen molar-refractivity contribution >= 4 is 5.91 Å². The summed E-state index contributed by atoms with van der Waals surface area (Å²) in [7, 11) is 0. The van der Waals surface area contributed by atoms with Crippen molar-refractivity contribution in [1.82, 2.24) is 4.90 Å². The first-order chi connectivity index (χ1) is 14.3. The topological polar surface area (TPSA) is 40.5 Å². The van der Waals surface area contributed by atoms with Crippen LogP contribution in [0.25, 0.3) is 0 Å². The molecule has 0 heterocycles. The third kappa shape index (κ3) is 20.5. The number of aliphatic hydroxyl groups is 1. The smallest absolute Gasteiger partial charge is 0.248 e. The minimum Gasteiger partial charge on any atom is -0.387 e. The molecule has 3 heteroatoms. The lowest BCUT2D eigenvalue weighted by molar-refractivity contribution is -0.134. The molecule has 0 fully saturated rings. The van der Waals surface area contributed by atoms with Gasteiger partial charge in [0.1, 0.15) is 6.61 Å². The van der Waals surface area contributed by atoms with Crippen molar-refractivity contribution in [2.75, 3.05) is 19.7 Å². The largest absolute Gasteiger partial charge is 0.387 e. The molecule has 174 valence electrons. The molecular formula is C26H53NO2. The van der Waals surface area contributed by atoms with Gasteiger partial charge < -0.3 is 10.0 Å². The van der Waals surface area contributed by atoms with Gasteiger partial charge in [-0.1, -0.05) is 129 Å². The van der Waals surface area contributed by atoms with E-state index in [2.05, 4.69) is 13.8 Å². The van der Waals surface area contributed by atoms with Crippen LogP contribution < -0.4 is 0 Å². The maximum atomic E-state index is 12.0. The molecule has 0 saturated carbocycles. The number of nitrogens with zero attached hydrogens (tertiary/aromatic N) is 1. The van der Waals surface area contributed by atoms with Crippen LogP contribution in [-0.4, -0.2) is 35.6 Å². The fourth-order valence-electron chi connectivity index (χ4n) is 4.04. The van der Waals surface area contributed by atoms with Gasteiger partial charge in [-0.25, -0.2) is 0 Å². The third-order valence-electron chi connectivity index (χ3n) is 6.05. The standard InChI is InChI=1S/C26H53NO2/c1-3-5-7-9-11-13-15-17-19-21-23-27(26(29)25-28)24-22-20-18-16-14-12-10-8-6-4-2/h28H,3-25H2,1-2H3. The van der Waals surface area contributed by atoms with Crippen LogP contribution in [0, 0.1) is 0 Å². The molecule has 0 rings (SSSR count). The van der Waals surface area contributed by atoms with Crippen LogP contribution in [-0.2, 0) is 4.79 Å². The molecule has 0 aromatic heterocycles. The molecular weight excluding hydrogens is 358 g/mol. The summed E-state index contributed by atoms with van der Waals surface area (Å²) in [4.78, 5) is 13.9. The normalized spacial score (nSPS) is 11.1. The molecule has 0 aliphatic heterocycles. The van der Waals surface area contributed by atoms with Gasteiger partial charge in [0.25, 0.3) is 0 Å². The Hall–Kier alpha value is -0.570. The summed E-state index contributed by atoms with van der Waals surface area (Å²) < 4.78 is 0. The second-order valence-corrected chi connectivity index (χ2v) is 8.90. The quantitative estimate of drug-likeness (QED) is 0.175. The molecule has 29 heavy (non-hydrogen) atoms. The molecule has 0 radical (unpaired) electrons. The van der Waals surface area contributed by atoms with E-state index in [0.717, 1.165) is 25.9 Å². The average Bonchev–Trinajstić information content (AvgIpc) is 2.74. The second kappa shape index (κ2) is 23.7. The van der Waals surface area contributed by atoms with Gasteiger partial charge in [-0.05, 0) is 12.8 Å². The monoisotopic (exact) mass is 411 g/mol. The summed E-state index contributed by atoms with van der Waals surface area (Å²) in [6.07, 6.45) is 26.3. The zero-order valence-electron chi connectivity index (χ0n) is 20.1. The number of aliphatic hydroxyl groups excluding tert-OH is 1. The number of unbranched alkanes of at least 4 members (excludes halogenated alkanes) is 18. The highest BCUT2D eigenvalue weighted by atomic mass is 16.3. The van der Waals surface area contributed by atoms with Crippen molar-refractivity contribution in [3.05, 3.63) is 0 Å². The predicted molar refractivity (Wildman–Crippen MR) is 127 cm³/mol. The summed E-state index contributed by atoms with van der Waals surface area (Å²) in [5, 5.41) is 9.24. The number of carbonyl (C=O) groups is 1. The van der Waals surface area contributed by atoms with Crippen LogP contribution in [0.1, 0.15) is 142 Å². The van der Waals surface area contributed by atoms with Crippen LogP contribution in [0.3, 0.4) is 0 Å². The summed E-state index contributed by atoms with van der Waals surface area (Å²) in [5.41, 5.74) is 0. The SMILES string of the molecule is CCCCCCCCCCCCN(CCCCCCCCCCCC)C(=O)CO. The van der Waals surface area contributed by atoms with E-state index in [1.54, 1.807) is 0 Å². The first-order valence-electron chi connectivity index (χ1n) is 13.1. The van der Waals surface area contributed by atoms with E-state index < -0.39 is 0 Å². The van der Waals surface area contributed by atoms with Gasteiger partial charge in [-0.15, -0.1) is 0 Å². The van der Waals surface area contributed by atoms with E-state index in [1.807, 2.05) is 4.90 Å². The Morgan fingerprint density at radius 1 is 0.517 bits per heavy atom. The van der Waals surface area contributed by atoms with Crippen molar-refractivity contribution in [2.24, 2.45) is 0 Å². The summed E-state index contributed by atoms with van der Waals surface area (Å²) in [6.45, 7) is 5.85. The molecule has 1 N–H and O–H groups in total. The maximum Gasteiger partial charge on any atom is 0.248 e. The molecule has 3 nitrogen and oxygen atoms in total. The zero-order chi connectivity index (χ0) is 21.4. The van der Waals surface area contributed by atoms with Gasteiger partial charge >= 0.3 is 0 Å². The summed E-state index contributed by atoms with van der Waals surface area (Å²) in [5.74, 6) is -0.0863. The number of hydrogen-bond acceptors (Lipinski definition) is 2. The highest BCUT2D eigenvalue weighted by Crippen LogP contribution is 2.13. The van der Waals surface area contributed by atoms with Crippen LogP contribution in [0.4, 0.5) is 0 Å². The van der Waals surface area contributed by atoms with Crippen molar-refractivity contribution in [3.8, 4) is 0 Å². The zero-order valence-corrected chi connectivity index (χ0v) is 20.1. The Kier molecular flexibility index (Phi) is 23.2. The van der Waals surface area contributed by atoms with Crippen LogP contribution in [0.15, 0.2) is 0 Å². The molecule has 0 aromatic carbocycles. The predicted octanol–water partition coefficient (Wildman–Crippen LogP) is 7.65. The number of hydrogen-bond donors (Lipinski definition) is 1. The summed E-state index contributed by atoms with van der Waals surface area (Å²) in [6, 6.07) is 0. The molecule has 0 aliphatic carbocycles. The van der Waals surface area contributed by atoms with E-state index in [4.69, 9.17) is 0 Å². The lowest BCUT2D eigenvalue weighted by Crippen LogP contribution is -2.35. The molecule has 1 amide bonds. The molecule has 0 unspecified atom stereocenters. The fraction of sp³-hybridized carbons (Fsp3) is 0.962. The molecule has 0 saturated heterocycles. The van der Waals surface area contributed by atoms with Crippen LogP contribution >= 0.6 is 0 Å². The highest BCUT2D eigenvalue weighted by Gasteiger charge is 2.11. The van der Waals surface area contributed by atoms with Gasteiger partial charge in [0, 0.05) is 13.1 Å². The van der Waals surface area contributed by atoms with Crippen molar-refractivity contribution in [1.29, 1.82) is 0 Å². The van der Waals surface area contributed by atoms with E-state index in [-0.39, 0.29) is 12.5 Å². The lowest BCUT2D eigenvalue weighted by Gasteiger charge is -2.22. The first-order valence-corrected chi connectivity index (χ1v) is 13.1. The fourth-order valence-corrected chi connectivity index (χ4v) is 4.04. The van der Waals surface area contributed by atoms with Gasteiger partial charge in [-0.3, -0.25) is 4.79 Å². The molecule has 0 aromatic rings. The first kappa shape index (κ1) is 28.4. The van der Waals surface area contributed by atoms with Crippen molar-refractivity contribution in [2.45, 2.75) is 142 Å². The van der Waals surface area contributed by atoms with Gasteiger partial charge in [0.05, 0.1) is 0 Å². The van der Waals surface area contributed by atoms with E-state index >= 15 is 0 Å². The van der Waals surface area contributed by atoms with Gasteiger partial charge in [0.2, 0.25) is 5.91 Å². The number of carbonyl (C=O) groups excluding carboxylic acids is 1. The van der Waals surface area contributed by atoms with Crippen molar-refractivity contribution < 1.29 is 9.90 Å². The van der Waals surface area contributed by atoms with Gasteiger partial charge in [0.15, 0.2) is 0 Å². The Morgan fingerprint density at radius 2 is 0.793 bits per heavy atom. The lowest BCUT2D eigenvalue weighted by atomic mass is 10.1. The van der Waals surface area contributed by atoms with Crippen molar-refractivity contribution in [3.63, 3.8) is 0 Å². The Labute approximate surface area is 183 Å². The van der Waals surface area contributed by atoms with E-state index in [1.165, 1.54) is 116 Å². The minimum absolute atomic E-state index is 0.0863. The molecule has 0 bridgehead atoms. The molecule has 0 atom stereocenters. The van der Waals surface area contributed by atoms with Crippen LogP contribution in [0.2, 0.25) is 0 Å². The maximum absolute atomic E-state index is 12.0.